The second-order valence-corrected chi connectivity index (χ2v) is 6.93. The summed E-state index contributed by atoms with van der Waals surface area (Å²) in [7, 11) is 1.81. The molecule has 1 aliphatic rings. The highest BCUT2D eigenvalue weighted by molar-refractivity contribution is 5.80. The van der Waals surface area contributed by atoms with E-state index in [9.17, 15) is 0 Å². The van der Waals surface area contributed by atoms with Crippen LogP contribution in [-0.4, -0.2) is 42.4 Å². The average Bonchev–Trinajstić information content (AvgIpc) is 3.33. The topological polar surface area (TPSA) is 57.5 Å². The Morgan fingerprint density at radius 3 is 2.81 bits per heavy atom. The van der Waals surface area contributed by atoms with Crippen LogP contribution in [0.3, 0.4) is 0 Å². The van der Waals surface area contributed by atoms with Crippen LogP contribution < -0.4 is 15.5 Å². The lowest BCUT2D eigenvalue weighted by molar-refractivity contribution is 0.591. The van der Waals surface area contributed by atoms with Gasteiger partial charge in [-0.25, -0.2) is 0 Å². The fraction of sp³-hybridized carbons (Fsp3) is 0.500. The molecule has 2 aromatic rings. The number of aromatic nitrogens is 2. The molecule has 1 aliphatic heterocycles. The Morgan fingerprint density at radius 1 is 1.31 bits per heavy atom. The minimum Gasteiger partial charge on any atom is -0.372 e. The van der Waals surface area contributed by atoms with E-state index in [0.29, 0.717) is 0 Å². The van der Waals surface area contributed by atoms with Gasteiger partial charge in [0.1, 0.15) is 0 Å². The summed E-state index contributed by atoms with van der Waals surface area (Å²) in [5.41, 5.74) is 3.78. The first-order valence-corrected chi connectivity index (χ1v) is 9.47. The molecule has 3 rings (SSSR count). The molecule has 1 fully saturated rings. The van der Waals surface area contributed by atoms with Gasteiger partial charge in [-0.2, -0.15) is 5.10 Å². The SMILES string of the molecule is CN=C(NCCn1cc(C)cn1)NC(C)c1cccc(N2CCCC2)c1. The van der Waals surface area contributed by atoms with Crippen molar-refractivity contribution in [3.63, 3.8) is 0 Å². The zero-order chi connectivity index (χ0) is 18.4. The fourth-order valence-electron chi connectivity index (χ4n) is 3.33. The van der Waals surface area contributed by atoms with E-state index < -0.39 is 0 Å². The normalized spacial score (nSPS) is 16.0. The molecule has 1 saturated heterocycles. The summed E-state index contributed by atoms with van der Waals surface area (Å²) in [5.74, 6) is 0.813. The van der Waals surface area contributed by atoms with Crippen LogP contribution in [0.1, 0.15) is 36.9 Å². The van der Waals surface area contributed by atoms with Crippen LogP contribution in [0.2, 0.25) is 0 Å². The van der Waals surface area contributed by atoms with Crippen LogP contribution in [0.5, 0.6) is 0 Å². The van der Waals surface area contributed by atoms with Crippen molar-refractivity contribution in [2.45, 2.75) is 39.3 Å². The third kappa shape index (κ3) is 4.77. The van der Waals surface area contributed by atoms with Gasteiger partial charge < -0.3 is 15.5 Å². The van der Waals surface area contributed by atoms with Gasteiger partial charge >= 0.3 is 0 Å². The van der Waals surface area contributed by atoms with Gasteiger partial charge in [-0.15, -0.1) is 0 Å². The van der Waals surface area contributed by atoms with E-state index in [1.807, 2.05) is 17.1 Å². The van der Waals surface area contributed by atoms with E-state index >= 15 is 0 Å². The average molecular weight is 355 g/mol. The second-order valence-electron chi connectivity index (χ2n) is 6.93. The summed E-state index contributed by atoms with van der Waals surface area (Å²) in [4.78, 5) is 6.81. The molecule has 0 amide bonds. The molecule has 6 heteroatoms. The van der Waals surface area contributed by atoms with Crippen molar-refractivity contribution in [1.29, 1.82) is 0 Å². The molecule has 1 aromatic heterocycles. The summed E-state index contributed by atoms with van der Waals surface area (Å²) >= 11 is 0. The number of guanidine groups is 1. The fourth-order valence-corrected chi connectivity index (χ4v) is 3.33. The number of nitrogens with one attached hydrogen (secondary N) is 2. The zero-order valence-electron chi connectivity index (χ0n) is 16.1. The Bertz CT molecular complexity index is 729. The number of anilines is 1. The maximum Gasteiger partial charge on any atom is 0.191 e. The first-order valence-electron chi connectivity index (χ1n) is 9.47. The number of hydrogen-bond acceptors (Lipinski definition) is 3. The predicted molar refractivity (Wildman–Crippen MR) is 108 cm³/mol. The van der Waals surface area contributed by atoms with Crippen molar-refractivity contribution in [3.8, 4) is 0 Å². The highest BCUT2D eigenvalue weighted by Gasteiger charge is 2.14. The van der Waals surface area contributed by atoms with Gasteiger partial charge in [-0.1, -0.05) is 12.1 Å². The lowest BCUT2D eigenvalue weighted by atomic mass is 10.1. The predicted octanol–water partition coefficient (Wildman–Crippen LogP) is 2.72. The van der Waals surface area contributed by atoms with Crippen LogP contribution in [0.15, 0.2) is 41.7 Å². The Hall–Kier alpha value is -2.50. The molecule has 26 heavy (non-hydrogen) atoms. The molecule has 1 unspecified atom stereocenters. The molecule has 0 spiro atoms. The molecular formula is C20H30N6. The number of benzene rings is 1. The number of hydrogen-bond donors (Lipinski definition) is 2. The largest absolute Gasteiger partial charge is 0.372 e. The Morgan fingerprint density at radius 2 is 2.12 bits per heavy atom. The highest BCUT2D eigenvalue weighted by atomic mass is 15.3. The molecule has 6 nitrogen and oxygen atoms in total. The molecule has 0 aliphatic carbocycles. The summed E-state index contributed by atoms with van der Waals surface area (Å²) in [6, 6.07) is 9.02. The van der Waals surface area contributed by atoms with E-state index in [4.69, 9.17) is 0 Å². The van der Waals surface area contributed by atoms with Crippen molar-refractivity contribution in [3.05, 3.63) is 47.8 Å². The Balaban J connectivity index is 1.53. The minimum absolute atomic E-state index is 0.190. The molecule has 0 radical (unpaired) electrons. The molecule has 2 N–H and O–H groups in total. The van der Waals surface area contributed by atoms with Gasteiger partial charge in [0.05, 0.1) is 18.8 Å². The molecule has 0 bridgehead atoms. The highest BCUT2D eigenvalue weighted by Crippen LogP contribution is 2.23. The summed E-state index contributed by atoms with van der Waals surface area (Å²) in [5, 5.41) is 11.2. The van der Waals surface area contributed by atoms with Gasteiger partial charge in [0, 0.05) is 38.6 Å². The van der Waals surface area contributed by atoms with Crippen LogP contribution in [-0.2, 0) is 6.54 Å². The quantitative estimate of drug-likeness (QED) is 0.619. The molecule has 1 atom stereocenters. The van der Waals surface area contributed by atoms with Crippen LogP contribution in [0, 0.1) is 6.92 Å². The molecule has 2 heterocycles. The van der Waals surface area contributed by atoms with E-state index in [-0.39, 0.29) is 6.04 Å². The van der Waals surface area contributed by atoms with Crippen LogP contribution in [0.25, 0.3) is 0 Å². The third-order valence-electron chi connectivity index (χ3n) is 4.81. The van der Waals surface area contributed by atoms with Crippen LogP contribution in [0.4, 0.5) is 5.69 Å². The zero-order valence-corrected chi connectivity index (χ0v) is 16.1. The molecular weight excluding hydrogens is 324 g/mol. The lowest BCUT2D eigenvalue weighted by Gasteiger charge is -2.22. The molecule has 140 valence electrons. The third-order valence-corrected chi connectivity index (χ3v) is 4.81. The number of nitrogens with zero attached hydrogens (tertiary/aromatic N) is 4. The van der Waals surface area contributed by atoms with Gasteiger partial charge in [0.25, 0.3) is 0 Å². The monoisotopic (exact) mass is 354 g/mol. The van der Waals surface area contributed by atoms with E-state index in [1.165, 1.54) is 42.7 Å². The van der Waals surface area contributed by atoms with Gasteiger partial charge in [0.15, 0.2) is 5.96 Å². The molecule has 1 aromatic carbocycles. The maximum atomic E-state index is 4.34. The summed E-state index contributed by atoms with van der Waals surface area (Å²) < 4.78 is 1.94. The first-order chi connectivity index (χ1) is 12.7. The van der Waals surface area contributed by atoms with Crippen molar-refractivity contribution in [1.82, 2.24) is 20.4 Å². The van der Waals surface area contributed by atoms with E-state index in [0.717, 1.165) is 19.0 Å². The number of rotatable bonds is 6. The summed E-state index contributed by atoms with van der Waals surface area (Å²) in [6.07, 6.45) is 6.52. The lowest BCUT2D eigenvalue weighted by Crippen LogP contribution is -2.40. The first kappa shape index (κ1) is 18.3. The van der Waals surface area contributed by atoms with E-state index in [2.05, 4.69) is 63.7 Å². The van der Waals surface area contributed by atoms with Gasteiger partial charge in [-0.05, 0) is 49.9 Å². The van der Waals surface area contributed by atoms with Crippen molar-refractivity contribution in [2.24, 2.45) is 4.99 Å². The van der Waals surface area contributed by atoms with Gasteiger partial charge in [-0.3, -0.25) is 9.67 Å². The van der Waals surface area contributed by atoms with Crippen molar-refractivity contribution in [2.75, 3.05) is 31.6 Å². The van der Waals surface area contributed by atoms with E-state index in [1.54, 1.807) is 7.05 Å². The number of aryl methyl sites for hydroxylation is 1. The van der Waals surface area contributed by atoms with Crippen molar-refractivity contribution >= 4 is 11.6 Å². The Kier molecular flexibility index (Phi) is 6.15. The Labute approximate surface area is 156 Å². The van der Waals surface area contributed by atoms with Crippen LogP contribution >= 0.6 is 0 Å². The van der Waals surface area contributed by atoms with Gasteiger partial charge in [0.2, 0.25) is 0 Å². The van der Waals surface area contributed by atoms with Crippen molar-refractivity contribution < 1.29 is 0 Å². The smallest absolute Gasteiger partial charge is 0.191 e. The number of aliphatic imine (C=N–C) groups is 1. The second kappa shape index (κ2) is 8.74. The minimum atomic E-state index is 0.190. The molecule has 0 saturated carbocycles. The maximum absolute atomic E-state index is 4.34. The standard InChI is InChI=1S/C20H30N6/c1-16-14-23-26(15-16)12-9-22-20(21-3)24-17(2)18-7-6-8-19(13-18)25-10-4-5-11-25/h6-8,13-15,17H,4-5,9-12H2,1-3H3,(H2,21,22,24). The summed E-state index contributed by atoms with van der Waals surface area (Å²) in [6.45, 7) is 8.15.